The largest absolute Gasteiger partial charge is 0.595 e. The van der Waals surface area contributed by atoms with Gasteiger partial charge in [0.1, 0.15) is 5.69 Å². The predicted octanol–water partition coefficient (Wildman–Crippen LogP) is 0.512. The topological polar surface area (TPSA) is 124 Å². The first-order valence-electron chi connectivity index (χ1n) is 7.69. The number of quaternary nitrogens is 2. The van der Waals surface area contributed by atoms with E-state index in [4.69, 9.17) is 5.21 Å². The highest BCUT2D eigenvalue weighted by Gasteiger charge is 2.16. The highest BCUT2D eigenvalue weighted by molar-refractivity contribution is 5.98. The van der Waals surface area contributed by atoms with E-state index in [0.29, 0.717) is 0 Å². The molecule has 134 valence electrons. The molecule has 2 aromatic carbocycles. The Morgan fingerprint density at radius 2 is 1.85 bits per heavy atom. The van der Waals surface area contributed by atoms with Crippen LogP contribution in [0.1, 0.15) is 5.56 Å². The molecule has 0 bridgehead atoms. The normalized spacial score (nSPS) is 13.9. The van der Waals surface area contributed by atoms with Crippen molar-refractivity contribution < 1.29 is 20.9 Å². The Hall–Kier alpha value is -2.92. The average Bonchev–Trinajstić information content (AvgIpc) is 2.65. The summed E-state index contributed by atoms with van der Waals surface area (Å²) < 4.78 is 0. The average molecular weight is 355 g/mol. The van der Waals surface area contributed by atoms with E-state index < -0.39 is 10.5 Å². The van der Waals surface area contributed by atoms with E-state index in [1.165, 1.54) is 17.1 Å². The number of hydrazone groups is 1. The van der Waals surface area contributed by atoms with Gasteiger partial charge in [-0.1, -0.05) is 18.2 Å². The summed E-state index contributed by atoms with van der Waals surface area (Å²) in [7, 11) is 1.60. The zero-order chi connectivity index (χ0) is 18.7. The number of nitrogens with zero attached hydrogens (tertiary/aromatic N) is 3. The SMILES string of the molecule is CN(/N=C/c1ccnc2ccccc12)c1ccc([NH+]([O-])O)cc1[NH+]([O-])O. The Bertz CT molecular complexity index is 940. The van der Waals surface area contributed by atoms with Crippen molar-refractivity contribution in [2.24, 2.45) is 5.10 Å². The number of fused-ring (bicyclic) bond motifs is 1. The first-order chi connectivity index (χ1) is 12.5. The lowest BCUT2D eigenvalue weighted by molar-refractivity contribution is -0.996. The molecule has 0 aliphatic heterocycles. The second kappa shape index (κ2) is 7.54. The summed E-state index contributed by atoms with van der Waals surface area (Å²) in [6.45, 7) is 0. The molecular weight excluding hydrogens is 338 g/mol. The fraction of sp³-hybridized carbons (Fsp3) is 0.0588. The monoisotopic (exact) mass is 355 g/mol. The molecule has 2 unspecified atom stereocenters. The molecule has 0 spiro atoms. The van der Waals surface area contributed by atoms with Gasteiger partial charge in [0, 0.05) is 30.3 Å². The van der Waals surface area contributed by atoms with Gasteiger partial charge in [-0.05, 0) is 18.2 Å². The maximum Gasteiger partial charge on any atom is 0.195 e. The Balaban J connectivity index is 1.94. The Morgan fingerprint density at radius 3 is 2.58 bits per heavy atom. The van der Waals surface area contributed by atoms with Crippen molar-refractivity contribution in [2.45, 2.75) is 0 Å². The third-order valence-electron chi connectivity index (χ3n) is 3.88. The summed E-state index contributed by atoms with van der Waals surface area (Å²) in [6.07, 6.45) is 3.29. The zero-order valence-electron chi connectivity index (χ0n) is 13.8. The van der Waals surface area contributed by atoms with Crippen molar-refractivity contribution in [3.05, 3.63) is 70.7 Å². The molecule has 1 aromatic heterocycles. The Labute approximate surface area is 148 Å². The van der Waals surface area contributed by atoms with Crippen LogP contribution in [0.3, 0.4) is 0 Å². The van der Waals surface area contributed by atoms with Crippen molar-refractivity contribution >= 4 is 34.2 Å². The van der Waals surface area contributed by atoms with Gasteiger partial charge in [-0.2, -0.15) is 15.6 Å². The second-order valence-corrected chi connectivity index (χ2v) is 5.53. The van der Waals surface area contributed by atoms with Gasteiger partial charge in [-0.3, -0.25) is 9.99 Å². The van der Waals surface area contributed by atoms with Crippen LogP contribution >= 0.6 is 0 Å². The number of nitrogens with one attached hydrogen (secondary N) is 2. The van der Waals surface area contributed by atoms with Gasteiger partial charge in [0.25, 0.3) is 0 Å². The fourth-order valence-electron chi connectivity index (χ4n) is 2.56. The van der Waals surface area contributed by atoms with E-state index in [1.54, 1.807) is 19.5 Å². The highest BCUT2D eigenvalue weighted by atomic mass is 16.8. The number of anilines is 1. The molecule has 1 heterocycles. The molecule has 0 aliphatic rings. The third-order valence-corrected chi connectivity index (χ3v) is 3.88. The number of hydrogen-bond acceptors (Lipinski definition) is 7. The summed E-state index contributed by atoms with van der Waals surface area (Å²) in [5.74, 6) is 0. The summed E-state index contributed by atoms with van der Waals surface area (Å²) >= 11 is 0. The molecule has 3 aromatic rings. The van der Waals surface area contributed by atoms with Crippen molar-refractivity contribution in [1.29, 1.82) is 0 Å². The molecule has 2 atom stereocenters. The number of para-hydroxylation sites is 1. The molecule has 9 nitrogen and oxygen atoms in total. The van der Waals surface area contributed by atoms with E-state index >= 15 is 0 Å². The summed E-state index contributed by atoms with van der Waals surface area (Å²) in [4.78, 5) is 4.28. The minimum atomic E-state index is -1.22. The minimum absolute atomic E-state index is 0.0938. The highest BCUT2D eigenvalue weighted by Crippen LogP contribution is 2.24. The number of rotatable bonds is 5. The lowest BCUT2D eigenvalue weighted by atomic mass is 10.1. The molecule has 0 saturated carbocycles. The first kappa shape index (κ1) is 17.9. The minimum Gasteiger partial charge on any atom is -0.595 e. The second-order valence-electron chi connectivity index (χ2n) is 5.53. The van der Waals surface area contributed by atoms with Crippen LogP contribution in [0.4, 0.5) is 17.1 Å². The van der Waals surface area contributed by atoms with Crippen LogP contribution in [0.5, 0.6) is 0 Å². The zero-order valence-corrected chi connectivity index (χ0v) is 13.8. The summed E-state index contributed by atoms with van der Waals surface area (Å²) in [5, 5.41) is 45.1. The maximum absolute atomic E-state index is 11.5. The van der Waals surface area contributed by atoms with Crippen LogP contribution in [-0.2, 0) is 0 Å². The Kier molecular flexibility index (Phi) is 5.19. The van der Waals surface area contributed by atoms with Crippen LogP contribution in [0.2, 0.25) is 0 Å². The van der Waals surface area contributed by atoms with Crippen molar-refractivity contribution in [1.82, 2.24) is 4.98 Å². The number of hydrogen-bond donors (Lipinski definition) is 4. The fourth-order valence-corrected chi connectivity index (χ4v) is 2.56. The van der Waals surface area contributed by atoms with Gasteiger partial charge in [-0.15, -0.1) is 0 Å². The van der Waals surface area contributed by atoms with E-state index in [9.17, 15) is 15.6 Å². The van der Waals surface area contributed by atoms with Crippen LogP contribution in [0, 0.1) is 10.4 Å². The standard InChI is InChI=1S/C17H17N5O4/c1-20(16-7-6-13(21(23)24)10-17(16)22(25)26)19-11-12-8-9-18-15-5-3-2-4-14(12)15/h2-11,21-23,25H,1H3/b19-11+. The van der Waals surface area contributed by atoms with Gasteiger partial charge in [0.05, 0.1) is 17.8 Å². The van der Waals surface area contributed by atoms with Crippen LogP contribution in [0.15, 0.2) is 59.8 Å². The van der Waals surface area contributed by atoms with Gasteiger partial charge in [-0.25, -0.2) is 10.4 Å². The molecule has 0 radical (unpaired) electrons. The first-order valence-corrected chi connectivity index (χ1v) is 7.69. The van der Waals surface area contributed by atoms with E-state index in [-0.39, 0.29) is 17.1 Å². The Morgan fingerprint density at radius 1 is 1.08 bits per heavy atom. The summed E-state index contributed by atoms with van der Waals surface area (Å²) in [5.41, 5.74) is 1.72. The molecule has 4 N–H and O–H groups in total. The van der Waals surface area contributed by atoms with Crippen LogP contribution < -0.4 is 15.5 Å². The number of benzene rings is 2. The maximum atomic E-state index is 11.5. The molecule has 0 fully saturated rings. The smallest absolute Gasteiger partial charge is 0.195 e. The molecule has 0 amide bonds. The van der Waals surface area contributed by atoms with Crippen molar-refractivity contribution in [3.63, 3.8) is 0 Å². The van der Waals surface area contributed by atoms with Crippen molar-refractivity contribution in [3.8, 4) is 0 Å². The van der Waals surface area contributed by atoms with E-state index in [1.807, 2.05) is 30.3 Å². The third kappa shape index (κ3) is 3.68. The van der Waals surface area contributed by atoms with Gasteiger partial charge < -0.3 is 10.4 Å². The molecule has 0 saturated heterocycles. The van der Waals surface area contributed by atoms with E-state index in [2.05, 4.69) is 10.1 Å². The predicted molar refractivity (Wildman–Crippen MR) is 95.7 cm³/mol. The molecule has 0 aliphatic carbocycles. The van der Waals surface area contributed by atoms with E-state index in [0.717, 1.165) is 22.5 Å². The van der Waals surface area contributed by atoms with Crippen molar-refractivity contribution in [2.75, 3.05) is 12.1 Å². The van der Waals surface area contributed by atoms with Gasteiger partial charge in [0.15, 0.2) is 11.4 Å². The molecule has 9 heteroatoms. The molecule has 3 rings (SSSR count). The number of pyridine rings is 1. The molecular formula is C17H17N5O4. The quantitative estimate of drug-likeness (QED) is 0.391. The lowest BCUT2D eigenvalue weighted by Gasteiger charge is -2.21. The summed E-state index contributed by atoms with van der Waals surface area (Å²) in [6, 6.07) is 13.3. The van der Waals surface area contributed by atoms with Gasteiger partial charge in [0.2, 0.25) is 0 Å². The number of aromatic nitrogens is 1. The van der Waals surface area contributed by atoms with Crippen LogP contribution in [0.25, 0.3) is 10.9 Å². The lowest BCUT2D eigenvalue weighted by Crippen LogP contribution is -3.00. The molecule has 26 heavy (non-hydrogen) atoms. The van der Waals surface area contributed by atoms with Crippen LogP contribution in [-0.4, -0.2) is 28.7 Å². The van der Waals surface area contributed by atoms with Gasteiger partial charge >= 0.3 is 0 Å².